The van der Waals surface area contributed by atoms with Crippen LogP contribution >= 0.6 is 11.8 Å². The Labute approximate surface area is 147 Å². The summed E-state index contributed by atoms with van der Waals surface area (Å²) in [5.41, 5.74) is 2.46. The van der Waals surface area contributed by atoms with Gasteiger partial charge in [-0.25, -0.2) is 0 Å². The highest BCUT2D eigenvalue weighted by molar-refractivity contribution is 8.01. The van der Waals surface area contributed by atoms with Crippen LogP contribution in [0.4, 0.5) is 0 Å². The van der Waals surface area contributed by atoms with Crippen molar-refractivity contribution in [1.82, 2.24) is 5.32 Å². The molecule has 1 amide bonds. The maximum atomic E-state index is 12.3. The van der Waals surface area contributed by atoms with Gasteiger partial charge in [0, 0.05) is 18.0 Å². The molecular formula is C20H23NO2S. The Morgan fingerprint density at radius 3 is 2.75 bits per heavy atom. The van der Waals surface area contributed by atoms with Crippen LogP contribution < -0.4 is 5.32 Å². The van der Waals surface area contributed by atoms with Crippen LogP contribution in [0.5, 0.6) is 0 Å². The highest BCUT2D eigenvalue weighted by Crippen LogP contribution is 2.36. The van der Waals surface area contributed by atoms with E-state index in [0.29, 0.717) is 13.2 Å². The normalized spacial score (nSPS) is 17.3. The Balaban J connectivity index is 1.33. The lowest BCUT2D eigenvalue weighted by molar-refractivity contribution is -0.120. The molecule has 2 aromatic carbocycles. The lowest BCUT2D eigenvalue weighted by Gasteiger charge is -2.14. The molecule has 0 spiro atoms. The van der Waals surface area contributed by atoms with Crippen molar-refractivity contribution in [3.05, 3.63) is 65.7 Å². The van der Waals surface area contributed by atoms with E-state index < -0.39 is 0 Å². The van der Waals surface area contributed by atoms with Gasteiger partial charge >= 0.3 is 0 Å². The number of thioether (sulfide) groups is 1. The van der Waals surface area contributed by atoms with E-state index in [-0.39, 0.29) is 17.3 Å². The van der Waals surface area contributed by atoms with Crippen LogP contribution in [0.15, 0.2) is 59.5 Å². The molecule has 0 aliphatic carbocycles. The third-order valence-electron chi connectivity index (χ3n) is 4.20. The van der Waals surface area contributed by atoms with Gasteiger partial charge in [-0.1, -0.05) is 48.5 Å². The highest BCUT2D eigenvalue weighted by Gasteiger charge is 2.27. The van der Waals surface area contributed by atoms with Crippen LogP contribution in [0, 0.1) is 0 Å². The minimum atomic E-state index is 0.00607. The Morgan fingerprint density at radius 1 is 1.21 bits per heavy atom. The van der Waals surface area contributed by atoms with Gasteiger partial charge in [0.2, 0.25) is 5.91 Å². The number of nitrogens with one attached hydrogen (secondary N) is 1. The molecule has 0 fully saturated rings. The van der Waals surface area contributed by atoms with Crippen molar-refractivity contribution in [3.8, 4) is 0 Å². The number of fused-ring (bicyclic) bond motifs is 1. The Kier molecular flexibility index (Phi) is 5.94. The summed E-state index contributed by atoms with van der Waals surface area (Å²) >= 11 is 1.67. The Bertz CT molecular complexity index is 649. The first-order valence-electron chi connectivity index (χ1n) is 8.43. The molecule has 1 heterocycles. The van der Waals surface area contributed by atoms with Crippen molar-refractivity contribution < 1.29 is 9.53 Å². The van der Waals surface area contributed by atoms with Crippen molar-refractivity contribution in [3.63, 3.8) is 0 Å². The van der Waals surface area contributed by atoms with Gasteiger partial charge in [0.1, 0.15) is 0 Å². The zero-order chi connectivity index (χ0) is 16.8. The number of rotatable bonds is 7. The SMILES string of the molecule is C[C@@H](OCCCNC(=O)[C@@H]1Cc2ccccc2S1)c1ccccc1. The molecule has 3 rings (SSSR count). The maximum Gasteiger partial charge on any atom is 0.233 e. The standard InChI is InChI=1S/C20H23NO2S/c1-15(16-8-3-2-4-9-16)23-13-7-12-21-20(22)19-14-17-10-5-6-11-18(17)24-19/h2-6,8-11,15,19H,7,12-14H2,1H3,(H,21,22)/t15-,19+/m1/s1. The van der Waals surface area contributed by atoms with Crippen molar-refractivity contribution >= 4 is 17.7 Å². The number of ether oxygens (including phenoxy) is 1. The first-order chi connectivity index (χ1) is 11.7. The minimum Gasteiger partial charge on any atom is -0.374 e. The first kappa shape index (κ1) is 17.1. The molecule has 3 nitrogen and oxygen atoms in total. The minimum absolute atomic E-state index is 0.00607. The highest BCUT2D eigenvalue weighted by atomic mass is 32.2. The van der Waals surface area contributed by atoms with Gasteiger partial charge in [-0.05, 0) is 37.0 Å². The molecule has 0 unspecified atom stereocenters. The summed E-state index contributed by atoms with van der Waals surface area (Å²) in [6, 6.07) is 18.4. The number of amides is 1. The van der Waals surface area contributed by atoms with Crippen LogP contribution in [0.25, 0.3) is 0 Å². The molecule has 1 aliphatic heterocycles. The average molecular weight is 341 g/mol. The predicted octanol–water partition coefficient (Wildman–Crippen LogP) is 3.99. The van der Waals surface area contributed by atoms with Gasteiger partial charge in [-0.15, -0.1) is 11.8 Å². The topological polar surface area (TPSA) is 38.3 Å². The first-order valence-corrected chi connectivity index (χ1v) is 9.31. The van der Waals surface area contributed by atoms with Gasteiger partial charge in [0.25, 0.3) is 0 Å². The number of benzene rings is 2. The predicted molar refractivity (Wildman–Crippen MR) is 98.2 cm³/mol. The molecule has 1 aliphatic rings. The van der Waals surface area contributed by atoms with Gasteiger partial charge in [0.05, 0.1) is 11.4 Å². The molecule has 24 heavy (non-hydrogen) atoms. The van der Waals surface area contributed by atoms with E-state index in [1.807, 2.05) is 30.3 Å². The molecule has 4 heteroatoms. The largest absolute Gasteiger partial charge is 0.374 e. The number of carbonyl (C=O) groups excluding carboxylic acids is 1. The molecule has 0 saturated carbocycles. The second-order valence-electron chi connectivity index (χ2n) is 5.99. The molecule has 126 valence electrons. The molecule has 1 N–H and O–H groups in total. The van der Waals surface area contributed by atoms with Gasteiger partial charge < -0.3 is 10.1 Å². The number of hydrogen-bond donors (Lipinski definition) is 1. The zero-order valence-electron chi connectivity index (χ0n) is 13.9. The van der Waals surface area contributed by atoms with Gasteiger partial charge in [-0.3, -0.25) is 4.79 Å². The number of hydrogen-bond acceptors (Lipinski definition) is 3. The fourth-order valence-corrected chi connectivity index (χ4v) is 4.03. The molecule has 2 atom stereocenters. The summed E-state index contributed by atoms with van der Waals surface area (Å²) in [6.07, 6.45) is 1.74. The van der Waals surface area contributed by atoms with E-state index in [9.17, 15) is 4.79 Å². The second-order valence-corrected chi connectivity index (χ2v) is 7.23. The van der Waals surface area contributed by atoms with Crippen molar-refractivity contribution in [1.29, 1.82) is 0 Å². The fraction of sp³-hybridized carbons (Fsp3) is 0.350. The summed E-state index contributed by atoms with van der Waals surface area (Å²) in [5, 5.41) is 3.04. The second kappa shape index (κ2) is 8.36. The average Bonchev–Trinajstić information content (AvgIpc) is 3.06. The third kappa shape index (κ3) is 4.40. The summed E-state index contributed by atoms with van der Waals surface area (Å²) in [6.45, 7) is 3.36. The van der Waals surface area contributed by atoms with Crippen LogP contribution in [-0.2, 0) is 16.0 Å². The Hall–Kier alpha value is -1.78. The van der Waals surface area contributed by atoms with Crippen LogP contribution in [0.1, 0.15) is 30.6 Å². The van der Waals surface area contributed by atoms with Crippen LogP contribution in [-0.4, -0.2) is 24.3 Å². The monoisotopic (exact) mass is 341 g/mol. The molecule has 2 aromatic rings. The fourth-order valence-electron chi connectivity index (χ4n) is 2.81. The number of carbonyl (C=O) groups is 1. The van der Waals surface area contributed by atoms with Crippen molar-refractivity contribution in [2.24, 2.45) is 0 Å². The molecule has 0 saturated heterocycles. The summed E-state index contributed by atoms with van der Waals surface area (Å²) in [7, 11) is 0. The van der Waals surface area contributed by atoms with Crippen LogP contribution in [0.2, 0.25) is 0 Å². The molecule has 0 aromatic heterocycles. The van der Waals surface area contributed by atoms with Crippen molar-refractivity contribution in [2.45, 2.75) is 36.0 Å². The quantitative estimate of drug-likeness (QED) is 0.774. The van der Waals surface area contributed by atoms with E-state index in [0.717, 1.165) is 12.8 Å². The lowest BCUT2D eigenvalue weighted by Crippen LogP contribution is -2.33. The van der Waals surface area contributed by atoms with Crippen molar-refractivity contribution in [2.75, 3.05) is 13.2 Å². The maximum absolute atomic E-state index is 12.3. The van der Waals surface area contributed by atoms with Gasteiger partial charge in [0.15, 0.2) is 0 Å². The van der Waals surface area contributed by atoms with Crippen LogP contribution in [0.3, 0.4) is 0 Å². The lowest BCUT2D eigenvalue weighted by atomic mass is 10.1. The molecule has 0 radical (unpaired) electrons. The Morgan fingerprint density at radius 2 is 1.96 bits per heavy atom. The smallest absolute Gasteiger partial charge is 0.233 e. The van der Waals surface area contributed by atoms with E-state index >= 15 is 0 Å². The molecular weight excluding hydrogens is 318 g/mol. The van der Waals surface area contributed by atoms with E-state index in [1.54, 1.807) is 11.8 Å². The van der Waals surface area contributed by atoms with Gasteiger partial charge in [-0.2, -0.15) is 0 Å². The third-order valence-corrected chi connectivity index (χ3v) is 5.51. The summed E-state index contributed by atoms with van der Waals surface area (Å²) in [5.74, 6) is 0.132. The molecule has 0 bridgehead atoms. The zero-order valence-corrected chi connectivity index (χ0v) is 14.7. The summed E-state index contributed by atoms with van der Waals surface area (Å²) in [4.78, 5) is 13.5. The van der Waals surface area contributed by atoms with E-state index in [1.165, 1.54) is 16.0 Å². The van der Waals surface area contributed by atoms with E-state index in [2.05, 4.69) is 36.5 Å². The van der Waals surface area contributed by atoms with E-state index in [4.69, 9.17) is 4.74 Å². The summed E-state index contributed by atoms with van der Waals surface area (Å²) < 4.78 is 5.83.